The van der Waals surface area contributed by atoms with Crippen LogP contribution in [-0.2, 0) is 18.8 Å². The maximum absolute atomic E-state index is 14.7. The monoisotopic (exact) mass is 494 g/mol. The molecule has 1 aliphatic heterocycles. The summed E-state index contributed by atoms with van der Waals surface area (Å²) in [4.78, 5) is 35.6. The Morgan fingerprint density at radius 2 is 1.71 bits per heavy atom. The number of carbonyl (C=O) groups excluding carboxylic acids is 2. The topological polar surface area (TPSA) is 123 Å². The molecular weight excluding hydrogens is 458 g/mol. The molecule has 35 heavy (non-hydrogen) atoms. The van der Waals surface area contributed by atoms with Crippen LogP contribution in [0.4, 0.5) is 9.18 Å². The van der Waals surface area contributed by atoms with Crippen LogP contribution in [0, 0.1) is 5.82 Å². The summed E-state index contributed by atoms with van der Waals surface area (Å²) in [6.45, 7) is 12.9. The first-order valence-electron chi connectivity index (χ1n) is 11.7. The number of carboxylic acid groups (broad SMARTS) is 1. The second kappa shape index (κ2) is 10.9. The number of benzene rings is 1. The summed E-state index contributed by atoms with van der Waals surface area (Å²) >= 11 is 0. The van der Waals surface area contributed by atoms with Crippen molar-refractivity contribution in [3.05, 3.63) is 29.6 Å². The number of aliphatic carboxylic acids is 1. The van der Waals surface area contributed by atoms with Gasteiger partial charge in [0.1, 0.15) is 17.5 Å². The van der Waals surface area contributed by atoms with Crippen molar-refractivity contribution < 1.29 is 37.9 Å². The first-order valence-corrected chi connectivity index (χ1v) is 11.7. The quantitative estimate of drug-likeness (QED) is 0.356. The van der Waals surface area contributed by atoms with Crippen LogP contribution in [-0.4, -0.2) is 59.6 Å². The molecule has 0 aromatic heterocycles. The molecule has 3 N–H and O–H groups in total. The smallest absolute Gasteiger partial charge is 0.480 e. The number of carboxylic acids is 1. The zero-order valence-corrected chi connectivity index (χ0v) is 21.5. The molecule has 11 heteroatoms. The molecule has 0 saturated carbocycles. The Balaban J connectivity index is 1.83. The summed E-state index contributed by atoms with van der Waals surface area (Å²) in [5, 5.41) is 14.3. The molecular formula is C24H36BFN2O7. The maximum Gasteiger partial charge on any atom is 0.494 e. The second-order valence-corrected chi connectivity index (χ2v) is 10.6. The lowest BCUT2D eigenvalue weighted by Crippen LogP contribution is -2.43. The van der Waals surface area contributed by atoms with E-state index < -0.39 is 53.8 Å². The fraction of sp³-hybridized carbons (Fsp3) is 0.625. The summed E-state index contributed by atoms with van der Waals surface area (Å²) in [6, 6.07) is 3.10. The maximum atomic E-state index is 14.7. The summed E-state index contributed by atoms with van der Waals surface area (Å²) < 4.78 is 31.6. The third-order valence-corrected chi connectivity index (χ3v) is 5.96. The fourth-order valence-corrected chi connectivity index (χ4v) is 3.32. The average Bonchev–Trinajstić information content (AvgIpc) is 2.92. The van der Waals surface area contributed by atoms with Gasteiger partial charge in [0.05, 0.1) is 16.8 Å². The highest BCUT2D eigenvalue weighted by Gasteiger charge is 2.51. The SMILES string of the molecule is CC(C)(C)OC(=O)N[C@@H](CCCCNC(=O)c1ccc(B2OC(C)(C)C(C)(C)O2)cc1F)C(=O)O. The first-order chi connectivity index (χ1) is 16.0. The lowest BCUT2D eigenvalue weighted by molar-refractivity contribution is -0.139. The molecule has 0 aliphatic carbocycles. The summed E-state index contributed by atoms with van der Waals surface area (Å²) in [6.07, 6.45) is 0.203. The Bertz CT molecular complexity index is 930. The number of unbranched alkanes of at least 4 members (excludes halogenated alkanes) is 1. The molecule has 2 rings (SSSR count). The number of rotatable bonds is 9. The third kappa shape index (κ3) is 7.93. The normalized spacial score (nSPS) is 17.5. The van der Waals surface area contributed by atoms with Crippen LogP contribution >= 0.6 is 0 Å². The van der Waals surface area contributed by atoms with E-state index in [1.807, 2.05) is 27.7 Å². The fourth-order valence-electron chi connectivity index (χ4n) is 3.32. The molecule has 1 atom stereocenters. The van der Waals surface area contributed by atoms with Crippen LogP contribution < -0.4 is 16.1 Å². The van der Waals surface area contributed by atoms with Crippen LogP contribution in [0.15, 0.2) is 18.2 Å². The van der Waals surface area contributed by atoms with Crippen LogP contribution in [0.5, 0.6) is 0 Å². The van der Waals surface area contributed by atoms with Gasteiger partial charge in [-0.2, -0.15) is 0 Å². The molecule has 9 nitrogen and oxygen atoms in total. The van der Waals surface area contributed by atoms with Gasteiger partial charge >= 0.3 is 19.2 Å². The van der Waals surface area contributed by atoms with Crippen LogP contribution in [0.2, 0.25) is 0 Å². The van der Waals surface area contributed by atoms with E-state index in [2.05, 4.69) is 10.6 Å². The number of hydrogen-bond acceptors (Lipinski definition) is 6. The number of alkyl carbamates (subject to hydrolysis) is 1. The second-order valence-electron chi connectivity index (χ2n) is 10.6. The number of ether oxygens (including phenoxy) is 1. The predicted octanol–water partition coefficient (Wildman–Crippen LogP) is 3.00. The van der Waals surface area contributed by atoms with E-state index in [0.717, 1.165) is 0 Å². The van der Waals surface area contributed by atoms with Gasteiger partial charge in [-0.25, -0.2) is 14.0 Å². The van der Waals surface area contributed by atoms with Gasteiger partial charge in [0, 0.05) is 6.54 Å². The standard InChI is InChI=1S/C24H36BFN2O7/c1-22(2,3)33-21(32)28-18(20(30)31)10-8-9-13-27-19(29)16-12-11-15(14-17(16)26)25-34-23(4,5)24(6,7)35-25/h11-12,14,18H,8-10,13H2,1-7H3,(H,27,29)(H,28,32)(H,30,31)/t18-/m0/s1. The van der Waals surface area contributed by atoms with E-state index in [1.165, 1.54) is 12.1 Å². The van der Waals surface area contributed by atoms with Crippen LogP contribution in [0.3, 0.4) is 0 Å². The Kier molecular flexibility index (Phi) is 8.94. The van der Waals surface area contributed by atoms with E-state index in [1.54, 1.807) is 26.8 Å². The van der Waals surface area contributed by atoms with E-state index in [9.17, 15) is 23.9 Å². The van der Waals surface area contributed by atoms with Gasteiger partial charge in [-0.1, -0.05) is 6.07 Å². The van der Waals surface area contributed by atoms with Crippen molar-refractivity contribution in [1.29, 1.82) is 0 Å². The van der Waals surface area contributed by atoms with E-state index in [-0.39, 0.29) is 18.5 Å². The minimum absolute atomic E-state index is 0.111. The van der Waals surface area contributed by atoms with Crippen LogP contribution in [0.25, 0.3) is 0 Å². The number of carbonyl (C=O) groups is 3. The number of nitrogens with one attached hydrogen (secondary N) is 2. The summed E-state index contributed by atoms with van der Waals surface area (Å²) in [7, 11) is -0.733. The van der Waals surface area contributed by atoms with E-state index in [0.29, 0.717) is 18.3 Å². The third-order valence-electron chi connectivity index (χ3n) is 5.96. The lowest BCUT2D eigenvalue weighted by atomic mass is 9.78. The highest BCUT2D eigenvalue weighted by Crippen LogP contribution is 2.36. The van der Waals surface area contributed by atoms with Crippen molar-refractivity contribution in [1.82, 2.24) is 10.6 Å². The van der Waals surface area contributed by atoms with Crippen LogP contribution in [0.1, 0.15) is 78.1 Å². The largest absolute Gasteiger partial charge is 0.494 e. The highest BCUT2D eigenvalue weighted by molar-refractivity contribution is 6.62. The highest BCUT2D eigenvalue weighted by atomic mass is 19.1. The zero-order chi connectivity index (χ0) is 26.6. The van der Waals surface area contributed by atoms with Crippen molar-refractivity contribution in [2.45, 2.75) is 90.6 Å². The van der Waals surface area contributed by atoms with Crippen molar-refractivity contribution in [3.63, 3.8) is 0 Å². The molecule has 1 aliphatic rings. The Morgan fingerprint density at radius 3 is 2.23 bits per heavy atom. The number of halogens is 1. The van der Waals surface area contributed by atoms with Gasteiger partial charge in [0.15, 0.2) is 0 Å². The molecule has 1 aromatic rings. The van der Waals surface area contributed by atoms with Gasteiger partial charge in [0.25, 0.3) is 5.91 Å². The van der Waals surface area contributed by atoms with Gasteiger partial charge in [0.2, 0.25) is 0 Å². The average molecular weight is 494 g/mol. The van der Waals surface area contributed by atoms with Gasteiger partial charge in [-0.15, -0.1) is 0 Å². The summed E-state index contributed by atoms with van der Waals surface area (Å²) in [5.74, 6) is -2.45. The first kappa shape index (κ1) is 28.6. The molecule has 194 valence electrons. The predicted molar refractivity (Wildman–Crippen MR) is 129 cm³/mol. The minimum atomic E-state index is -1.18. The molecule has 1 fully saturated rings. The lowest BCUT2D eigenvalue weighted by Gasteiger charge is -2.32. The molecule has 2 amide bonds. The zero-order valence-electron chi connectivity index (χ0n) is 21.5. The molecule has 1 aromatic carbocycles. The Hall–Kier alpha value is -2.66. The van der Waals surface area contributed by atoms with Gasteiger partial charge in [-0.05, 0) is 85.3 Å². The summed E-state index contributed by atoms with van der Waals surface area (Å²) in [5.41, 5.74) is -1.50. The van der Waals surface area contributed by atoms with Crippen molar-refractivity contribution in [2.24, 2.45) is 0 Å². The number of amides is 2. The Morgan fingerprint density at radius 1 is 1.11 bits per heavy atom. The van der Waals surface area contributed by atoms with Gasteiger partial charge in [-0.3, -0.25) is 4.79 Å². The van der Waals surface area contributed by atoms with Crippen molar-refractivity contribution in [2.75, 3.05) is 6.54 Å². The molecule has 0 radical (unpaired) electrons. The molecule has 1 saturated heterocycles. The number of hydrogen-bond donors (Lipinski definition) is 3. The van der Waals surface area contributed by atoms with Crippen molar-refractivity contribution in [3.8, 4) is 0 Å². The van der Waals surface area contributed by atoms with E-state index in [4.69, 9.17) is 14.0 Å². The minimum Gasteiger partial charge on any atom is -0.480 e. The van der Waals surface area contributed by atoms with Gasteiger partial charge < -0.3 is 29.8 Å². The Labute approximate surface area is 206 Å². The van der Waals surface area contributed by atoms with E-state index >= 15 is 0 Å². The van der Waals surface area contributed by atoms with Crippen molar-refractivity contribution >= 4 is 30.6 Å². The molecule has 1 heterocycles. The molecule has 0 spiro atoms. The molecule has 0 unspecified atom stereocenters. The molecule has 0 bridgehead atoms.